The minimum Gasteiger partial charge on any atom is -0.322 e. The second-order valence-corrected chi connectivity index (χ2v) is 8.53. The molecule has 4 rings (SSSR count). The molecular weight excluding hydrogens is 398 g/mol. The smallest absolute Gasteiger partial charge is 0.256 e. The first-order valence-corrected chi connectivity index (χ1v) is 10.8. The molecule has 0 saturated heterocycles. The Morgan fingerprint density at radius 1 is 0.933 bits per heavy atom. The van der Waals surface area contributed by atoms with E-state index in [1.807, 2.05) is 55.5 Å². The molecule has 0 radical (unpaired) electrons. The van der Waals surface area contributed by atoms with Crippen molar-refractivity contribution in [3.63, 3.8) is 0 Å². The van der Waals surface area contributed by atoms with Crippen LogP contribution in [0.4, 0.5) is 5.69 Å². The Morgan fingerprint density at radius 2 is 1.67 bits per heavy atom. The van der Waals surface area contributed by atoms with Gasteiger partial charge in [0.2, 0.25) is 10.0 Å². The van der Waals surface area contributed by atoms with Gasteiger partial charge in [0.25, 0.3) is 5.91 Å². The maximum atomic E-state index is 13.1. The van der Waals surface area contributed by atoms with Crippen LogP contribution in [-0.2, 0) is 10.0 Å². The third-order valence-corrected chi connectivity index (χ3v) is 5.64. The number of aryl methyl sites for hydroxylation is 1. The summed E-state index contributed by atoms with van der Waals surface area (Å²) >= 11 is 0. The minimum absolute atomic E-state index is 0.0692. The summed E-state index contributed by atoms with van der Waals surface area (Å²) in [6.45, 7) is 2.01. The lowest BCUT2D eigenvalue weighted by Gasteiger charge is -2.11. The van der Waals surface area contributed by atoms with Gasteiger partial charge < -0.3 is 5.32 Å². The summed E-state index contributed by atoms with van der Waals surface area (Å²) in [4.78, 5) is 17.7. The van der Waals surface area contributed by atoms with Crippen molar-refractivity contribution in [3.8, 4) is 11.3 Å². The fourth-order valence-electron chi connectivity index (χ4n) is 3.18. The number of hydrogen-bond acceptors (Lipinski definition) is 4. The number of nitrogens with two attached hydrogens (primary N) is 1. The molecule has 0 spiro atoms. The van der Waals surface area contributed by atoms with Crippen LogP contribution in [0.15, 0.2) is 83.8 Å². The Hall–Kier alpha value is -3.55. The summed E-state index contributed by atoms with van der Waals surface area (Å²) in [5, 5.41) is 8.65. The highest BCUT2D eigenvalue weighted by Gasteiger charge is 2.15. The van der Waals surface area contributed by atoms with Crippen molar-refractivity contribution in [2.45, 2.75) is 11.8 Å². The summed E-state index contributed by atoms with van der Waals surface area (Å²) in [6.07, 6.45) is 0. The number of aromatic nitrogens is 1. The van der Waals surface area contributed by atoms with Crippen LogP contribution in [0.25, 0.3) is 22.2 Å². The number of carbonyl (C=O) groups is 1. The molecule has 0 unspecified atom stereocenters. The molecule has 3 N–H and O–H groups in total. The number of fused-ring (bicyclic) bond motifs is 1. The number of rotatable bonds is 4. The summed E-state index contributed by atoms with van der Waals surface area (Å²) < 4.78 is 23.2. The Balaban J connectivity index is 1.78. The maximum Gasteiger partial charge on any atom is 0.256 e. The van der Waals surface area contributed by atoms with Crippen LogP contribution in [0, 0.1) is 6.92 Å². The number of nitrogens with one attached hydrogen (secondary N) is 1. The Labute approximate surface area is 174 Å². The van der Waals surface area contributed by atoms with E-state index in [0.29, 0.717) is 27.8 Å². The zero-order valence-electron chi connectivity index (χ0n) is 16.2. The molecular formula is C23H19N3O3S. The lowest BCUT2D eigenvalue weighted by atomic mass is 10.0. The van der Waals surface area contributed by atoms with E-state index in [9.17, 15) is 13.2 Å². The molecule has 30 heavy (non-hydrogen) atoms. The van der Waals surface area contributed by atoms with Crippen molar-refractivity contribution >= 4 is 32.5 Å². The fraction of sp³-hybridized carbons (Fsp3) is 0.0435. The van der Waals surface area contributed by atoms with Crippen LogP contribution < -0.4 is 10.5 Å². The van der Waals surface area contributed by atoms with E-state index in [-0.39, 0.29) is 10.8 Å². The first-order chi connectivity index (χ1) is 14.3. The molecule has 0 saturated carbocycles. The van der Waals surface area contributed by atoms with Gasteiger partial charge in [-0.1, -0.05) is 54.1 Å². The van der Waals surface area contributed by atoms with Crippen molar-refractivity contribution in [3.05, 3.63) is 90.0 Å². The van der Waals surface area contributed by atoms with E-state index in [4.69, 9.17) is 10.1 Å². The van der Waals surface area contributed by atoms with Gasteiger partial charge in [-0.05, 0) is 37.3 Å². The monoisotopic (exact) mass is 417 g/mol. The number of amides is 1. The molecule has 6 nitrogen and oxygen atoms in total. The van der Waals surface area contributed by atoms with Crippen molar-refractivity contribution in [1.29, 1.82) is 0 Å². The number of nitrogens with zero attached hydrogens (tertiary/aromatic N) is 1. The second-order valence-electron chi connectivity index (χ2n) is 6.97. The van der Waals surface area contributed by atoms with Crippen molar-refractivity contribution in [2.75, 3.05) is 5.32 Å². The van der Waals surface area contributed by atoms with Gasteiger partial charge in [-0.15, -0.1) is 0 Å². The predicted molar refractivity (Wildman–Crippen MR) is 118 cm³/mol. The first kappa shape index (κ1) is 19.8. The third kappa shape index (κ3) is 4.07. The molecule has 0 aliphatic rings. The average molecular weight is 417 g/mol. The number of primary sulfonamides is 1. The molecule has 150 valence electrons. The minimum atomic E-state index is -3.87. The van der Waals surface area contributed by atoms with Crippen molar-refractivity contribution in [1.82, 2.24) is 4.98 Å². The number of sulfonamides is 1. The molecule has 0 fully saturated rings. The van der Waals surface area contributed by atoms with Crippen LogP contribution in [0.1, 0.15) is 15.9 Å². The van der Waals surface area contributed by atoms with E-state index in [2.05, 4.69) is 5.32 Å². The highest BCUT2D eigenvalue weighted by Crippen LogP contribution is 2.26. The normalized spacial score (nSPS) is 11.4. The second kappa shape index (κ2) is 7.70. The SMILES string of the molecule is Cc1ccc(-c2cc(C(=O)Nc3cccc(S(N)(=O)=O)c3)c3ccccc3n2)cc1. The summed E-state index contributed by atoms with van der Waals surface area (Å²) in [7, 11) is -3.87. The van der Waals surface area contributed by atoms with E-state index in [1.165, 1.54) is 18.2 Å². The number of carbonyl (C=O) groups excluding carboxylic acids is 1. The Bertz CT molecular complexity index is 1360. The van der Waals surface area contributed by atoms with Gasteiger partial charge in [-0.2, -0.15) is 0 Å². The average Bonchev–Trinajstić information content (AvgIpc) is 2.73. The summed E-state index contributed by atoms with van der Waals surface area (Å²) in [6, 6.07) is 22.9. The molecule has 3 aromatic carbocycles. The fourth-order valence-corrected chi connectivity index (χ4v) is 3.74. The predicted octanol–water partition coefficient (Wildman–Crippen LogP) is 4.11. The number of para-hydroxylation sites is 1. The van der Waals surface area contributed by atoms with E-state index >= 15 is 0 Å². The van der Waals surface area contributed by atoms with Crippen molar-refractivity contribution < 1.29 is 13.2 Å². The highest BCUT2D eigenvalue weighted by atomic mass is 32.2. The summed E-state index contributed by atoms with van der Waals surface area (Å²) in [5.74, 6) is -0.367. The largest absolute Gasteiger partial charge is 0.322 e. The number of anilines is 1. The third-order valence-electron chi connectivity index (χ3n) is 4.73. The molecule has 4 aromatic rings. The molecule has 0 aliphatic heterocycles. The molecule has 1 amide bonds. The molecule has 0 bridgehead atoms. The van der Waals surface area contributed by atoms with Crippen LogP contribution in [0.5, 0.6) is 0 Å². The summed E-state index contributed by atoms with van der Waals surface area (Å²) in [5.41, 5.74) is 4.18. The van der Waals surface area contributed by atoms with Gasteiger partial charge in [-0.3, -0.25) is 4.79 Å². The number of pyridine rings is 1. The lowest BCUT2D eigenvalue weighted by molar-refractivity contribution is 0.102. The van der Waals surface area contributed by atoms with Gasteiger partial charge in [0, 0.05) is 16.6 Å². The van der Waals surface area contributed by atoms with Gasteiger partial charge in [-0.25, -0.2) is 18.5 Å². The van der Waals surface area contributed by atoms with Crippen LogP contribution in [0.2, 0.25) is 0 Å². The lowest BCUT2D eigenvalue weighted by Crippen LogP contribution is -2.15. The van der Waals surface area contributed by atoms with Gasteiger partial charge in [0.05, 0.1) is 21.7 Å². The van der Waals surface area contributed by atoms with E-state index < -0.39 is 10.0 Å². The first-order valence-electron chi connectivity index (χ1n) is 9.22. The van der Waals surface area contributed by atoms with E-state index in [0.717, 1.165) is 11.1 Å². The number of benzene rings is 3. The topological polar surface area (TPSA) is 102 Å². The van der Waals surface area contributed by atoms with E-state index in [1.54, 1.807) is 12.1 Å². The van der Waals surface area contributed by atoms with Gasteiger partial charge >= 0.3 is 0 Å². The standard InChI is InChI=1S/C23H19N3O3S/c1-15-9-11-16(12-10-15)22-14-20(19-7-2-3-8-21(19)26-22)23(27)25-17-5-4-6-18(13-17)30(24,28)29/h2-14H,1H3,(H,25,27)(H2,24,28,29). The Morgan fingerprint density at radius 3 is 2.40 bits per heavy atom. The van der Waals surface area contributed by atoms with Crippen molar-refractivity contribution in [2.24, 2.45) is 5.14 Å². The quantitative estimate of drug-likeness (QED) is 0.522. The molecule has 7 heteroatoms. The maximum absolute atomic E-state index is 13.1. The van der Waals surface area contributed by atoms with Crippen LogP contribution in [0.3, 0.4) is 0 Å². The van der Waals surface area contributed by atoms with Crippen LogP contribution in [-0.4, -0.2) is 19.3 Å². The molecule has 0 atom stereocenters. The highest BCUT2D eigenvalue weighted by molar-refractivity contribution is 7.89. The Kier molecular flexibility index (Phi) is 5.07. The number of hydrogen-bond donors (Lipinski definition) is 2. The molecule has 0 aliphatic carbocycles. The van der Waals surface area contributed by atoms with Gasteiger partial charge in [0.1, 0.15) is 0 Å². The van der Waals surface area contributed by atoms with Gasteiger partial charge in [0.15, 0.2) is 0 Å². The molecule has 1 heterocycles. The zero-order chi connectivity index (χ0) is 21.3. The zero-order valence-corrected chi connectivity index (χ0v) is 17.0. The van der Waals surface area contributed by atoms with Crippen LogP contribution >= 0.6 is 0 Å². The molecule has 1 aromatic heterocycles.